The normalized spacial score (nSPS) is 12.1. The molecule has 0 aromatic carbocycles. The number of nitriles is 1. The van der Waals surface area contributed by atoms with Crippen LogP contribution in [0.4, 0.5) is 0 Å². The van der Waals surface area contributed by atoms with Crippen molar-refractivity contribution in [1.82, 2.24) is 4.90 Å². The van der Waals surface area contributed by atoms with Crippen molar-refractivity contribution in [2.45, 2.75) is 39.7 Å². The van der Waals surface area contributed by atoms with Gasteiger partial charge >= 0.3 is 0 Å². The fraction of sp³-hybridized carbons (Fsp3) is 0.625. The number of nitrogens with zero attached hydrogens (tertiary/aromatic N) is 2. The van der Waals surface area contributed by atoms with E-state index in [2.05, 4.69) is 19.9 Å². The van der Waals surface area contributed by atoms with Crippen LogP contribution in [0.3, 0.4) is 0 Å². The lowest BCUT2D eigenvalue weighted by atomic mass is 9.93. The maximum Gasteiger partial charge on any atom is 0.223 e. The molecule has 0 aliphatic carbocycles. The molecule has 1 atom stereocenters. The van der Waals surface area contributed by atoms with Crippen molar-refractivity contribution in [1.29, 1.82) is 5.26 Å². The van der Waals surface area contributed by atoms with E-state index in [-0.39, 0.29) is 11.8 Å². The first-order chi connectivity index (χ1) is 10.1. The molecule has 0 aliphatic rings. The standard InChI is InChI=1S/C16H25N3O2/c1-13(2)9-14(11-18)10-16(20)19(7-4-6-17)12-15-5-3-8-21-15/h3,5,8,13-14H,4,7,9-12,18H2,1-2H3/t14-/m0/s1. The van der Waals surface area contributed by atoms with Gasteiger partial charge in [-0.2, -0.15) is 5.26 Å². The van der Waals surface area contributed by atoms with E-state index in [1.807, 2.05) is 6.07 Å². The minimum absolute atomic E-state index is 0.0396. The Hall–Kier alpha value is -1.80. The topological polar surface area (TPSA) is 83.3 Å². The number of amides is 1. The Morgan fingerprint density at radius 3 is 2.81 bits per heavy atom. The van der Waals surface area contributed by atoms with E-state index in [1.165, 1.54) is 0 Å². The van der Waals surface area contributed by atoms with Gasteiger partial charge in [-0.25, -0.2) is 0 Å². The van der Waals surface area contributed by atoms with Crippen molar-refractivity contribution in [2.24, 2.45) is 17.6 Å². The van der Waals surface area contributed by atoms with Crippen LogP contribution in [0.25, 0.3) is 0 Å². The van der Waals surface area contributed by atoms with Crippen LogP contribution < -0.4 is 5.73 Å². The van der Waals surface area contributed by atoms with E-state index < -0.39 is 0 Å². The van der Waals surface area contributed by atoms with Crippen molar-refractivity contribution in [3.8, 4) is 6.07 Å². The zero-order valence-corrected chi connectivity index (χ0v) is 12.9. The highest BCUT2D eigenvalue weighted by Crippen LogP contribution is 2.17. The molecule has 2 N–H and O–H groups in total. The second-order valence-corrected chi connectivity index (χ2v) is 5.74. The van der Waals surface area contributed by atoms with Crippen LogP contribution in [0.5, 0.6) is 0 Å². The highest BCUT2D eigenvalue weighted by molar-refractivity contribution is 5.76. The molecule has 1 aromatic heterocycles. The van der Waals surface area contributed by atoms with Crippen molar-refractivity contribution in [2.75, 3.05) is 13.1 Å². The number of carbonyl (C=O) groups is 1. The number of rotatable bonds is 9. The third kappa shape index (κ3) is 6.46. The summed E-state index contributed by atoms with van der Waals surface area (Å²) in [5, 5.41) is 8.74. The molecule has 0 bridgehead atoms. The van der Waals surface area contributed by atoms with E-state index in [9.17, 15) is 4.79 Å². The van der Waals surface area contributed by atoms with Gasteiger partial charge < -0.3 is 15.1 Å². The minimum atomic E-state index is 0.0396. The maximum absolute atomic E-state index is 12.4. The predicted octanol–water partition coefficient (Wildman–Crippen LogP) is 2.53. The van der Waals surface area contributed by atoms with Crippen molar-refractivity contribution >= 4 is 5.91 Å². The SMILES string of the molecule is CC(C)C[C@H](CN)CC(=O)N(CCC#N)Cc1ccco1. The van der Waals surface area contributed by atoms with Crippen molar-refractivity contribution in [3.63, 3.8) is 0 Å². The molecule has 1 amide bonds. The lowest BCUT2D eigenvalue weighted by Crippen LogP contribution is -2.34. The van der Waals surface area contributed by atoms with E-state index in [0.717, 1.165) is 12.2 Å². The second kappa shape index (κ2) is 9.19. The molecule has 5 nitrogen and oxygen atoms in total. The Labute approximate surface area is 126 Å². The molecule has 116 valence electrons. The van der Waals surface area contributed by atoms with Gasteiger partial charge in [-0.3, -0.25) is 4.79 Å². The molecule has 0 saturated carbocycles. The lowest BCUT2D eigenvalue weighted by molar-refractivity contribution is -0.133. The summed E-state index contributed by atoms with van der Waals surface area (Å²) in [6.45, 7) is 5.60. The van der Waals surface area contributed by atoms with E-state index in [0.29, 0.717) is 38.4 Å². The van der Waals surface area contributed by atoms with Gasteiger partial charge in [0.05, 0.1) is 25.3 Å². The highest BCUT2D eigenvalue weighted by atomic mass is 16.3. The second-order valence-electron chi connectivity index (χ2n) is 5.74. The summed E-state index contributed by atoms with van der Waals surface area (Å²) in [6, 6.07) is 5.71. The first-order valence-electron chi connectivity index (χ1n) is 7.44. The fourth-order valence-electron chi connectivity index (χ4n) is 2.37. The van der Waals surface area contributed by atoms with Gasteiger partial charge in [-0.15, -0.1) is 0 Å². The summed E-state index contributed by atoms with van der Waals surface area (Å²) in [6.07, 6.45) is 3.28. The largest absolute Gasteiger partial charge is 0.467 e. The minimum Gasteiger partial charge on any atom is -0.467 e. The average molecular weight is 291 g/mol. The lowest BCUT2D eigenvalue weighted by Gasteiger charge is -2.24. The molecular formula is C16H25N3O2. The molecule has 0 spiro atoms. The first-order valence-corrected chi connectivity index (χ1v) is 7.44. The van der Waals surface area contributed by atoms with Crippen LogP contribution in [0.2, 0.25) is 0 Å². The van der Waals surface area contributed by atoms with Gasteiger partial charge in [-0.1, -0.05) is 13.8 Å². The maximum atomic E-state index is 12.4. The van der Waals surface area contributed by atoms with Crippen LogP contribution in [0.15, 0.2) is 22.8 Å². The molecule has 0 saturated heterocycles. The molecule has 21 heavy (non-hydrogen) atoms. The third-order valence-electron chi connectivity index (χ3n) is 3.37. The number of carbonyl (C=O) groups excluding carboxylic acids is 1. The van der Waals surface area contributed by atoms with Crippen LogP contribution in [0.1, 0.15) is 38.9 Å². The summed E-state index contributed by atoms with van der Waals surface area (Å²) < 4.78 is 5.29. The van der Waals surface area contributed by atoms with E-state index >= 15 is 0 Å². The van der Waals surface area contributed by atoms with Crippen LogP contribution in [-0.2, 0) is 11.3 Å². The zero-order valence-electron chi connectivity index (χ0n) is 12.9. The highest BCUT2D eigenvalue weighted by Gasteiger charge is 2.20. The molecule has 0 aliphatic heterocycles. The van der Waals surface area contributed by atoms with Crippen molar-refractivity contribution in [3.05, 3.63) is 24.2 Å². The average Bonchev–Trinajstić information content (AvgIpc) is 2.94. The number of nitrogens with two attached hydrogens (primary N) is 1. The number of hydrogen-bond acceptors (Lipinski definition) is 4. The summed E-state index contributed by atoms with van der Waals surface area (Å²) in [5.74, 6) is 1.48. The van der Waals surface area contributed by atoms with Gasteiger partial charge in [-0.05, 0) is 36.9 Å². The summed E-state index contributed by atoms with van der Waals surface area (Å²) in [5.41, 5.74) is 5.76. The predicted molar refractivity (Wildman–Crippen MR) is 81.0 cm³/mol. The summed E-state index contributed by atoms with van der Waals surface area (Å²) in [7, 11) is 0. The van der Waals surface area contributed by atoms with Gasteiger partial charge in [0.25, 0.3) is 0 Å². The number of hydrogen-bond donors (Lipinski definition) is 1. The Kier molecular flexibility index (Phi) is 7.55. The van der Waals surface area contributed by atoms with Gasteiger partial charge in [0.1, 0.15) is 5.76 Å². The summed E-state index contributed by atoms with van der Waals surface area (Å²) >= 11 is 0. The molecule has 0 radical (unpaired) electrons. The smallest absolute Gasteiger partial charge is 0.223 e. The Morgan fingerprint density at radius 1 is 1.52 bits per heavy atom. The molecule has 1 aromatic rings. The Morgan fingerprint density at radius 2 is 2.29 bits per heavy atom. The monoisotopic (exact) mass is 291 g/mol. The molecule has 1 heterocycles. The summed E-state index contributed by atoms with van der Waals surface area (Å²) in [4.78, 5) is 14.1. The quantitative estimate of drug-likeness (QED) is 0.757. The van der Waals surface area contributed by atoms with Crippen LogP contribution >= 0.6 is 0 Å². The molecule has 5 heteroatoms. The molecular weight excluding hydrogens is 266 g/mol. The fourth-order valence-corrected chi connectivity index (χ4v) is 2.37. The molecule has 0 fully saturated rings. The van der Waals surface area contributed by atoms with Gasteiger partial charge in [0.2, 0.25) is 5.91 Å². The third-order valence-corrected chi connectivity index (χ3v) is 3.37. The molecule has 0 unspecified atom stereocenters. The first kappa shape index (κ1) is 17.3. The Balaban J connectivity index is 2.63. The van der Waals surface area contributed by atoms with Crippen LogP contribution in [-0.4, -0.2) is 23.9 Å². The zero-order chi connectivity index (χ0) is 15.7. The molecule has 1 rings (SSSR count). The number of furan rings is 1. The van der Waals surface area contributed by atoms with E-state index in [1.54, 1.807) is 17.2 Å². The Bertz CT molecular complexity index is 449. The van der Waals surface area contributed by atoms with Crippen LogP contribution in [0, 0.1) is 23.2 Å². The van der Waals surface area contributed by atoms with E-state index in [4.69, 9.17) is 15.4 Å². The van der Waals surface area contributed by atoms with Crippen molar-refractivity contribution < 1.29 is 9.21 Å². The van der Waals surface area contributed by atoms with Gasteiger partial charge in [0, 0.05) is 13.0 Å². The van der Waals surface area contributed by atoms with Gasteiger partial charge in [0.15, 0.2) is 0 Å².